The molecule has 2 aromatic rings. The van der Waals surface area contributed by atoms with Crippen molar-refractivity contribution in [2.45, 2.75) is 0 Å². The summed E-state index contributed by atoms with van der Waals surface area (Å²) >= 11 is 11.0. The van der Waals surface area contributed by atoms with Crippen molar-refractivity contribution in [1.82, 2.24) is 9.97 Å². The highest BCUT2D eigenvalue weighted by atomic mass is 35.5. The third-order valence-corrected chi connectivity index (χ3v) is 2.60. The fourth-order valence-electron chi connectivity index (χ4n) is 1.26. The molecule has 0 saturated heterocycles. The summed E-state index contributed by atoms with van der Waals surface area (Å²) in [6.07, 6.45) is 1.31. The molecule has 98 valence electrons. The molecule has 1 heterocycles. The average Bonchev–Trinajstić information content (AvgIpc) is 2.33. The van der Waals surface area contributed by atoms with Crippen LogP contribution in [0.3, 0.4) is 0 Å². The predicted octanol–water partition coefficient (Wildman–Crippen LogP) is 3.31. The Hall–Kier alpha value is -1.79. The second-order valence-electron chi connectivity index (χ2n) is 3.40. The monoisotopic (exact) mass is 303 g/mol. The molecule has 0 aliphatic carbocycles. The van der Waals surface area contributed by atoms with Gasteiger partial charge < -0.3 is 0 Å². The standard InChI is InChI=1S/C11H5Cl2F2N3O/c12-6-4-7(14)5(3-8(6)15)10(19)18-11-16-2-1-9(13)17-11/h1-4H,(H,16,17,18,19). The molecule has 0 aliphatic heterocycles. The fraction of sp³-hybridized carbons (Fsp3) is 0. The van der Waals surface area contributed by atoms with Crippen molar-refractivity contribution in [1.29, 1.82) is 0 Å². The molecule has 0 spiro atoms. The van der Waals surface area contributed by atoms with Crippen molar-refractivity contribution in [3.05, 3.63) is 51.8 Å². The number of nitrogens with one attached hydrogen (secondary N) is 1. The normalized spacial score (nSPS) is 10.3. The zero-order chi connectivity index (χ0) is 14.0. The minimum atomic E-state index is -0.953. The third kappa shape index (κ3) is 3.15. The van der Waals surface area contributed by atoms with Crippen LogP contribution >= 0.6 is 23.2 Å². The number of anilines is 1. The number of hydrogen-bond donors (Lipinski definition) is 1. The molecule has 8 heteroatoms. The zero-order valence-electron chi connectivity index (χ0n) is 9.12. The van der Waals surface area contributed by atoms with E-state index in [1.165, 1.54) is 12.3 Å². The minimum Gasteiger partial charge on any atom is -0.290 e. The van der Waals surface area contributed by atoms with Crippen molar-refractivity contribution < 1.29 is 13.6 Å². The zero-order valence-corrected chi connectivity index (χ0v) is 10.6. The smallest absolute Gasteiger partial charge is 0.261 e. The van der Waals surface area contributed by atoms with E-state index >= 15 is 0 Å². The Balaban J connectivity index is 2.28. The number of rotatable bonds is 2. The Kier molecular flexibility index (Phi) is 3.92. The van der Waals surface area contributed by atoms with Crippen LogP contribution in [0.25, 0.3) is 0 Å². The molecule has 1 amide bonds. The number of nitrogens with zero attached hydrogens (tertiary/aromatic N) is 2. The number of hydrogen-bond acceptors (Lipinski definition) is 3. The van der Waals surface area contributed by atoms with Crippen LogP contribution in [-0.4, -0.2) is 15.9 Å². The number of carbonyl (C=O) groups excluding carboxylic acids is 1. The maximum absolute atomic E-state index is 13.5. The first-order chi connectivity index (χ1) is 8.97. The lowest BCUT2D eigenvalue weighted by Crippen LogP contribution is -2.16. The SMILES string of the molecule is O=C(Nc1nccc(Cl)n1)c1cc(F)c(Cl)cc1F. The van der Waals surface area contributed by atoms with E-state index in [2.05, 4.69) is 15.3 Å². The Morgan fingerprint density at radius 1 is 1.21 bits per heavy atom. The van der Waals surface area contributed by atoms with E-state index in [9.17, 15) is 13.6 Å². The van der Waals surface area contributed by atoms with Gasteiger partial charge in [-0.3, -0.25) is 10.1 Å². The number of halogens is 4. The van der Waals surface area contributed by atoms with Crippen LogP contribution in [-0.2, 0) is 0 Å². The Morgan fingerprint density at radius 2 is 1.95 bits per heavy atom. The number of amides is 1. The van der Waals surface area contributed by atoms with Gasteiger partial charge in [0.05, 0.1) is 10.6 Å². The molecule has 0 radical (unpaired) electrons. The number of carbonyl (C=O) groups is 1. The largest absolute Gasteiger partial charge is 0.290 e. The van der Waals surface area contributed by atoms with Gasteiger partial charge in [-0.05, 0) is 18.2 Å². The molecule has 0 unspecified atom stereocenters. The third-order valence-electron chi connectivity index (χ3n) is 2.10. The van der Waals surface area contributed by atoms with Crippen molar-refractivity contribution in [2.24, 2.45) is 0 Å². The highest BCUT2D eigenvalue weighted by molar-refractivity contribution is 6.31. The molecule has 0 fully saturated rings. The minimum absolute atomic E-state index is 0.105. The van der Waals surface area contributed by atoms with Gasteiger partial charge in [0.15, 0.2) is 0 Å². The van der Waals surface area contributed by atoms with Gasteiger partial charge in [-0.25, -0.2) is 18.7 Å². The van der Waals surface area contributed by atoms with Gasteiger partial charge in [0.1, 0.15) is 16.8 Å². The summed E-state index contributed by atoms with van der Waals surface area (Å²) in [7, 11) is 0. The Bertz CT molecular complexity index is 652. The van der Waals surface area contributed by atoms with Crippen LogP contribution in [0.4, 0.5) is 14.7 Å². The predicted molar refractivity (Wildman–Crippen MR) is 66.4 cm³/mol. The Morgan fingerprint density at radius 3 is 2.63 bits per heavy atom. The van der Waals surface area contributed by atoms with Gasteiger partial charge in [0.25, 0.3) is 5.91 Å². The highest BCUT2D eigenvalue weighted by Gasteiger charge is 2.16. The molecule has 0 atom stereocenters. The van der Waals surface area contributed by atoms with E-state index in [0.29, 0.717) is 12.1 Å². The average molecular weight is 304 g/mol. The van der Waals surface area contributed by atoms with Gasteiger partial charge in [0.2, 0.25) is 5.95 Å². The number of aromatic nitrogens is 2. The molecule has 0 aliphatic rings. The first-order valence-electron chi connectivity index (χ1n) is 4.92. The molecular weight excluding hydrogens is 299 g/mol. The number of benzene rings is 1. The van der Waals surface area contributed by atoms with Crippen molar-refractivity contribution in [2.75, 3.05) is 5.32 Å². The lowest BCUT2D eigenvalue weighted by Gasteiger charge is -2.05. The fourth-order valence-corrected chi connectivity index (χ4v) is 1.55. The molecule has 19 heavy (non-hydrogen) atoms. The maximum atomic E-state index is 13.5. The summed E-state index contributed by atoms with van der Waals surface area (Å²) in [5.41, 5.74) is -0.509. The van der Waals surface area contributed by atoms with E-state index in [1.54, 1.807) is 0 Å². The van der Waals surface area contributed by atoms with Crippen molar-refractivity contribution in [3.63, 3.8) is 0 Å². The highest BCUT2D eigenvalue weighted by Crippen LogP contribution is 2.20. The van der Waals surface area contributed by atoms with Crippen molar-refractivity contribution in [3.8, 4) is 0 Å². The summed E-state index contributed by atoms with van der Waals surface area (Å²) in [5, 5.41) is 1.89. The molecule has 1 aromatic carbocycles. The van der Waals surface area contributed by atoms with Crippen molar-refractivity contribution >= 4 is 35.1 Å². The summed E-state index contributed by atoms with van der Waals surface area (Å²) in [6, 6.07) is 2.81. The van der Waals surface area contributed by atoms with E-state index < -0.39 is 28.1 Å². The first kappa shape index (κ1) is 13.6. The van der Waals surface area contributed by atoms with E-state index in [-0.39, 0.29) is 11.1 Å². The van der Waals surface area contributed by atoms with Crippen LogP contribution in [0.1, 0.15) is 10.4 Å². The summed E-state index contributed by atoms with van der Waals surface area (Å²) in [4.78, 5) is 19.1. The Labute approximate surface area is 116 Å². The van der Waals surface area contributed by atoms with Crippen LogP contribution in [0.5, 0.6) is 0 Å². The molecular formula is C11H5Cl2F2N3O. The van der Waals surface area contributed by atoms with Crippen LogP contribution in [0.15, 0.2) is 24.4 Å². The van der Waals surface area contributed by atoms with E-state index in [1.807, 2.05) is 0 Å². The van der Waals surface area contributed by atoms with Gasteiger partial charge in [0, 0.05) is 6.20 Å². The van der Waals surface area contributed by atoms with E-state index in [4.69, 9.17) is 23.2 Å². The van der Waals surface area contributed by atoms with E-state index in [0.717, 1.165) is 0 Å². The lowest BCUT2D eigenvalue weighted by molar-refractivity contribution is 0.102. The van der Waals surface area contributed by atoms with Crippen LogP contribution < -0.4 is 5.32 Å². The molecule has 0 bridgehead atoms. The molecule has 2 rings (SSSR count). The lowest BCUT2D eigenvalue weighted by atomic mass is 10.2. The molecule has 1 N–H and O–H groups in total. The van der Waals surface area contributed by atoms with Crippen LogP contribution in [0, 0.1) is 11.6 Å². The topological polar surface area (TPSA) is 54.9 Å². The second kappa shape index (κ2) is 5.46. The summed E-state index contributed by atoms with van der Waals surface area (Å²) in [6.45, 7) is 0. The quantitative estimate of drug-likeness (QED) is 0.684. The van der Waals surface area contributed by atoms with Gasteiger partial charge in [-0.15, -0.1) is 0 Å². The molecule has 1 aromatic heterocycles. The van der Waals surface area contributed by atoms with Gasteiger partial charge >= 0.3 is 0 Å². The van der Waals surface area contributed by atoms with Crippen LogP contribution in [0.2, 0.25) is 10.2 Å². The maximum Gasteiger partial charge on any atom is 0.261 e. The summed E-state index contributed by atoms with van der Waals surface area (Å²) in [5.74, 6) is -2.88. The summed E-state index contributed by atoms with van der Waals surface area (Å²) < 4.78 is 26.7. The molecule has 4 nitrogen and oxygen atoms in total. The van der Waals surface area contributed by atoms with Gasteiger partial charge in [-0.1, -0.05) is 23.2 Å². The second-order valence-corrected chi connectivity index (χ2v) is 4.20. The molecule has 0 saturated carbocycles. The van der Waals surface area contributed by atoms with Gasteiger partial charge in [-0.2, -0.15) is 0 Å². The first-order valence-corrected chi connectivity index (χ1v) is 5.67.